The first kappa shape index (κ1) is 18.0. The number of carbonyl (C=O) groups is 1. The second kappa shape index (κ2) is 6.66. The molecule has 0 spiro atoms. The van der Waals surface area contributed by atoms with Crippen molar-refractivity contribution in [1.82, 2.24) is 18.7 Å². The number of aromatic nitrogens is 4. The summed E-state index contributed by atoms with van der Waals surface area (Å²) in [5.74, 6) is 0.217. The summed E-state index contributed by atoms with van der Waals surface area (Å²) in [6.07, 6.45) is 0. The van der Waals surface area contributed by atoms with Crippen molar-refractivity contribution in [2.45, 2.75) is 20.0 Å². The number of nitrogens with zero attached hydrogens (tertiary/aromatic N) is 5. The first-order valence-corrected chi connectivity index (χ1v) is 9.01. The molecule has 4 rings (SSSR count). The van der Waals surface area contributed by atoms with Crippen molar-refractivity contribution in [3.8, 4) is 0 Å². The second-order valence-corrected chi connectivity index (χ2v) is 7.05. The van der Waals surface area contributed by atoms with Gasteiger partial charge in [-0.15, -0.1) is 0 Å². The van der Waals surface area contributed by atoms with Gasteiger partial charge in [0.25, 0.3) is 5.56 Å². The summed E-state index contributed by atoms with van der Waals surface area (Å²) in [7, 11) is 2.77. The summed E-state index contributed by atoms with van der Waals surface area (Å²) in [5.41, 5.74) is 0.446. The Bertz CT molecular complexity index is 1170. The lowest BCUT2D eigenvalue weighted by Crippen LogP contribution is -2.42. The van der Waals surface area contributed by atoms with Gasteiger partial charge in [-0.25, -0.2) is 9.36 Å². The lowest BCUT2D eigenvalue weighted by molar-refractivity contribution is -0.141. The molecule has 0 N–H and O–H groups in total. The lowest BCUT2D eigenvalue weighted by Gasteiger charge is -2.32. The van der Waals surface area contributed by atoms with E-state index in [-0.39, 0.29) is 5.92 Å². The smallest absolute Gasteiger partial charge is 0.333 e. The van der Waals surface area contributed by atoms with Gasteiger partial charge >= 0.3 is 11.7 Å². The van der Waals surface area contributed by atoms with Crippen molar-refractivity contribution in [1.29, 1.82) is 0 Å². The summed E-state index contributed by atoms with van der Waals surface area (Å²) >= 11 is 0. The Hall–Kier alpha value is -3.36. The van der Waals surface area contributed by atoms with Crippen LogP contribution >= 0.6 is 0 Å². The summed E-state index contributed by atoms with van der Waals surface area (Å²) in [5, 5.41) is 0. The van der Waals surface area contributed by atoms with Crippen LogP contribution in [0.4, 0.5) is 11.6 Å². The Balaban J connectivity index is 1.99. The van der Waals surface area contributed by atoms with Gasteiger partial charge < -0.3 is 14.2 Å². The molecule has 0 saturated heterocycles. The van der Waals surface area contributed by atoms with E-state index < -0.39 is 23.8 Å². The minimum Gasteiger partial charge on any atom is -0.468 e. The molecule has 0 saturated carbocycles. The highest BCUT2D eigenvalue weighted by Gasteiger charge is 2.30. The first-order valence-electron chi connectivity index (χ1n) is 9.01. The number of aryl methyl sites for hydroxylation is 1. The van der Waals surface area contributed by atoms with Gasteiger partial charge in [-0.2, -0.15) is 4.98 Å². The van der Waals surface area contributed by atoms with E-state index in [2.05, 4.69) is 16.6 Å². The molecule has 0 unspecified atom stereocenters. The van der Waals surface area contributed by atoms with Crippen LogP contribution in [0.15, 0.2) is 39.9 Å². The van der Waals surface area contributed by atoms with Crippen LogP contribution in [-0.2, 0) is 29.7 Å². The highest BCUT2D eigenvalue weighted by Crippen LogP contribution is 2.32. The monoisotopic (exact) mass is 383 g/mol. The molecule has 2 aromatic heterocycles. The quantitative estimate of drug-likeness (QED) is 0.623. The van der Waals surface area contributed by atoms with E-state index >= 15 is 0 Å². The fraction of sp³-hybridized carbons (Fsp3) is 0.368. The second-order valence-electron chi connectivity index (χ2n) is 7.05. The van der Waals surface area contributed by atoms with Gasteiger partial charge in [0.15, 0.2) is 11.2 Å². The molecule has 9 nitrogen and oxygen atoms in total. The van der Waals surface area contributed by atoms with Crippen molar-refractivity contribution < 1.29 is 9.53 Å². The van der Waals surface area contributed by atoms with Gasteiger partial charge in [0, 0.05) is 25.8 Å². The maximum Gasteiger partial charge on any atom is 0.333 e. The lowest BCUT2D eigenvalue weighted by atomic mass is 10.1. The minimum atomic E-state index is -0.656. The Morgan fingerprint density at radius 1 is 1.21 bits per heavy atom. The van der Waals surface area contributed by atoms with Gasteiger partial charge in [-0.3, -0.25) is 14.2 Å². The van der Waals surface area contributed by atoms with E-state index in [0.29, 0.717) is 23.7 Å². The van der Waals surface area contributed by atoms with Crippen LogP contribution in [0, 0.1) is 5.92 Å². The van der Waals surface area contributed by atoms with Crippen LogP contribution in [0.1, 0.15) is 6.92 Å². The minimum absolute atomic E-state index is 0.260. The van der Waals surface area contributed by atoms with Gasteiger partial charge in [0.1, 0.15) is 6.54 Å². The highest BCUT2D eigenvalue weighted by molar-refractivity contribution is 5.77. The maximum atomic E-state index is 13.1. The molecule has 9 heteroatoms. The molecule has 0 fully saturated rings. The van der Waals surface area contributed by atoms with Gasteiger partial charge in [0.2, 0.25) is 5.95 Å². The van der Waals surface area contributed by atoms with Crippen molar-refractivity contribution in [3.05, 3.63) is 51.2 Å². The van der Waals surface area contributed by atoms with Gasteiger partial charge in [-0.05, 0) is 18.1 Å². The third-order valence-corrected chi connectivity index (χ3v) is 5.02. The van der Waals surface area contributed by atoms with E-state index in [1.54, 1.807) is 7.05 Å². The summed E-state index contributed by atoms with van der Waals surface area (Å²) < 4.78 is 8.67. The predicted molar refractivity (Wildman–Crippen MR) is 104 cm³/mol. The van der Waals surface area contributed by atoms with Crippen LogP contribution < -0.4 is 16.1 Å². The number of hydrogen-bond donors (Lipinski definition) is 0. The van der Waals surface area contributed by atoms with E-state index in [1.807, 2.05) is 39.8 Å². The Morgan fingerprint density at radius 3 is 2.61 bits per heavy atom. The average molecular weight is 383 g/mol. The van der Waals surface area contributed by atoms with Crippen LogP contribution in [-0.4, -0.2) is 38.3 Å². The number of anilines is 2. The number of methoxy groups -OCH3 is 1. The Kier molecular flexibility index (Phi) is 4.29. The largest absolute Gasteiger partial charge is 0.468 e. The Morgan fingerprint density at radius 2 is 1.93 bits per heavy atom. The fourth-order valence-corrected chi connectivity index (χ4v) is 3.66. The van der Waals surface area contributed by atoms with Crippen molar-refractivity contribution >= 4 is 28.8 Å². The summed E-state index contributed by atoms with van der Waals surface area (Å²) in [4.78, 5) is 44.1. The van der Waals surface area contributed by atoms with Gasteiger partial charge in [-0.1, -0.05) is 25.1 Å². The molecule has 0 bridgehead atoms. The number of ether oxygens (including phenoxy) is 1. The van der Waals surface area contributed by atoms with E-state index in [9.17, 15) is 14.4 Å². The average Bonchev–Trinajstić information content (AvgIpc) is 3.09. The molecular weight excluding hydrogens is 362 g/mol. The van der Waals surface area contributed by atoms with Crippen LogP contribution in [0.25, 0.3) is 11.2 Å². The number of benzene rings is 1. The molecular formula is C19H21N5O4. The SMILES string of the molecule is COC(=O)Cn1c(=O)c2c(nc3n2C[C@H](C)CN3c2ccccc2)n(C)c1=O. The van der Waals surface area contributed by atoms with Gasteiger partial charge in [0.05, 0.1) is 7.11 Å². The zero-order valence-corrected chi connectivity index (χ0v) is 16.0. The predicted octanol–water partition coefficient (Wildman–Crippen LogP) is 0.857. The number of para-hydroxylation sites is 1. The molecule has 28 heavy (non-hydrogen) atoms. The number of rotatable bonds is 3. The standard InChI is InChI=1S/C19H21N5O4/c1-12-9-22(13-7-5-4-6-8-13)18-20-16-15(23(18)10-12)17(26)24(11-14(25)28-3)19(27)21(16)2/h4-8,12H,9-11H2,1-3H3/t12-/m1/s1. The molecule has 1 aliphatic rings. The molecule has 0 amide bonds. The number of imidazole rings is 1. The third-order valence-electron chi connectivity index (χ3n) is 5.02. The normalized spacial score (nSPS) is 16.2. The summed E-state index contributed by atoms with van der Waals surface area (Å²) in [6, 6.07) is 9.79. The van der Waals surface area contributed by atoms with E-state index in [4.69, 9.17) is 0 Å². The zero-order chi connectivity index (χ0) is 20.0. The van der Waals surface area contributed by atoms with Crippen molar-refractivity contribution in [2.24, 2.45) is 13.0 Å². The van der Waals surface area contributed by atoms with Crippen LogP contribution in [0.2, 0.25) is 0 Å². The molecule has 1 atom stereocenters. The molecule has 0 radical (unpaired) electrons. The van der Waals surface area contributed by atoms with Crippen molar-refractivity contribution in [2.75, 3.05) is 18.6 Å². The molecule has 0 aliphatic carbocycles. The number of fused-ring (bicyclic) bond motifs is 3. The topological polar surface area (TPSA) is 91.4 Å². The van der Waals surface area contributed by atoms with E-state index in [0.717, 1.165) is 16.8 Å². The molecule has 3 aromatic rings. The molecule has 146 valence electrons. The van der Waals surface area contributed by atoms with Crippen molar-refractivity contribution in [3.63, 3.8) is 0 Å². The molecule has 1 aliphatic heterocycles. The first-order chi connectivity index (χ1) is 13.4. The summed E-state index contributed by atoms with van der Waals surface area (Å²) in [6.45, 7) is 3.01. The molecule has 3 heterocycles. The number of esters is 1. The molecule has 1 aromatic carbocycles. The van der Waals surface area contributed by atoms with E-state index in [1.165, 1.54) is 11.7 Å². The highest BCUT2D eigenvalue weighted by atomic mass is 16.5. The maximum absolute atomic E-state index is 13.1. The third kappa shape index (κ3) is 2.70. The van der Waals surface area contributed by atoms with Crippen LogP contribution in [0.5, 0.6) is 0 Å². The zero-order valence-electron chi connectivity index (χ0n) is 16.0. The number of carbonyl (C=O) groups excluding carboxylic acids is 1. The number of hydrogen-bond acceptors (Lipinski definition) is 6. The van der Waals surface area contributed by atoms with Crippen LogP contribution in [0.3, 0.4) is 0 Å². The Labute approximate surface area is 160 Å². The fourth-order valence-electron chi connectivity index (χ4n) is 3.66.